The molecule has 1 aliphatic rings. The van der Waals surface area contributed by atoms with E-state index in [2.05, 4.69) is 15.9 Å². The van der Waals surface area contributed by atoms with Gasteiger partial charge in [0.1, 0.15) is 5.75 Å². The fraction of sp³-hybridized carbons (Fsp3) is 0.133. The van der Waals surface area contributed by atoms with Crippen molar-refractivity contribution in [3.05, 3.63) is 62.5 Å². The van der Waals surface area contributed by atoms with E-state index in [1.54, 1.807) is 30.3 Å². The summed E-state index contributed by atoms with van der Waals surface area (Å²) < 4.78 is 25.8. The van der Waals surface area contributed by atoms with Crippen LogP contribution < -0.4 is 4.90 Å². The first-order valence-corrected chi connectivity index (χ1v) is 9.80. The largest absolute Gasteiger partial charge is 0.290 e. The van der Waals surface area contributed by atoms with Gasteiger partial charge in [0.15, 0.2) is 15.2 Å². The molecule has 23 heavy (non-hydrogen) atoms. The molecule has 0 aromatic heterocycles. The van der Waals surface area contributed by atoms with Gasteiger partial charge in [0, 0.05) is 25.8 Å². The fourth-order valence-electron chi connectivity index (χ4n) is 2.53. The van der Waals surface area contributed by atoms with Crippen LogP contribution in [0.15, 0.2) is 46.9 Å². The van der Waals surface area contributed by atoms with Crippen LogP contribution in [-0.4, -0.2) is 20.1 Å². The van der Waals surface area contributed by atoms with Gasteiger partial charge in [-0.2, -0.15) is 0 Å². The Bertz CT molecular complexity index is 884. The molecule has 1 aliphatic heterocycles. The van der Waals surface area contributed by atoms with Gasteiger partial charge in [-0.05, 0) is 36.4 Å². The molecule has 8 heteroatoms. The lowest BCUT2D eigenvalue weighted by molar-refractivity contribution is -0.115. The van der Waals surface area contributed by atoms with Crippen LogP contribution in [0.4, 0.5) is 5.69 Å². The summed E-state index contributed by atoms with van der Waals surface area (Å²) in [7, 11) is -3.69. The zero-order valence-corrected chi connectivity index (χ0v) is 15.5. The number of hydrogen-bond acceptors (Lipinski definition) is 3. The van der Waals surface area contributed by atoms with Crippen LogP contribution in [0.25, 0.3) is 0 Å². The van der Waals surface area contributed by atoms with Crippen molar-refractivity contribution < 1.29 is 13.2 Å². The van der Waals surface area contributed by atoms with Gasteiger partial charge in [-0.15, -0.1) is 0 Å². The maximum absolute atomic E-state index is 12.5. The molecule has 0 radical (unpaired) electrons. The quantitative estimate of drug-likeness (QED) is 0.711. The standard InChI is InChI=1S/C15H10BrCl2NO3S/c16-9-1-4-11(5-2-9)19-14(20)8-23(21,22)15(19)12-6-3-10(17)7-13(12)18/h1-7,15H,8H2/t15-/m0/s1. The number of hydrogen-bond donors (Lipinski definition) is 0. The van der Waals surface area contributed by atoms with Crippen molar-refractivity contribution in [1.82, 2.24) is 0 Å². The molecule has 1 fully saturated rings. The molecule has 0 unspecified atom stereocenters. The van der Waals surface area contributed by atoms with Gasteiger partial charge in [0.2, 0.25) is 5.91 Å². The predicted molar refractivity (Wildman–Crippen MR) is 94.6 cm³/mol. The highest BCUT2D eigenvalue weighted by molar-refractivity contribution is 9.10. The topological polar surface area (TPSA) is 54.5 Å². The normalized spacial score (nSPS) is 20.0. The number of sulfone groups is 1. The summed E-state index contributed by atoms with van der Waals surface area (Å²) >= 11 is 15.4. The SMILES string of the molecule is O=C1CS(=O)(=O)[C@@H](c2ccc(Cl)cc2Cl)N1c1ccc(Br)cc1. The van der Waals surface area contributed by atoms with Gasteiger partial charge in [0.05, 0.1) is 0 Å². The minimum Gasteiger partial charge on any atom is -0.290 e. The third-order valence-corrected chi connectivity index (χ3v) is 6.39. The van der Waals surface area contributed by atoms with Gasteiger partial charge in [-0.3, -0.25) is 9.69 Å². The summed E-state index contributed by atoms with van der Waals surface area (Å²) in [4.78, 5) is 13.6. The molecule has 1 heterocycles. The first kappa shape index (κ1) is 16.8. The van der Waals surface area contributed by atoms with Crippen LogP contribution in [0, 0.1) is 0 Å². The Labute approximate surface area is 152 Å². The smallest absolute Gasteiger partial charge is 0.243 e. The van der Waals surface area contributed by atoms with Crippen LogP contribution in [-0.2, 0) is 14.6 Å². The van der Waals surface area contributed by atoms with Crippen LogP contribution >= 0.6 is 39.1 Å². The van der Waals surface area contributed by atoms with E-state index < -0.39 is 26.9 Å². The second kappa shape index (κ2) is 6.09. The van der Waals surface area contributed by atoms with Crippen molar-refractivity contribution >= 4 is 60.6 Å². The Morgan fingerprint density at radius 1 is 1.09 bits per heavy atom. The number of anilines is 1. The van der Waals surface area contributed by atoms with Gasteiger partial charge in [0.25, 0.3) is 0 Å². The predicted octanol–water partition coefficient (Wildman–Crippen LogP) is 4.22. The summed E-state index contributed by atoms with van der Waals surface area (Å²) in [5.74, 6) is -1.03. The summed E-state index contributed by atoms with van der Waals surface area (Å²) in [5.41, 5.74) is 0.833. The number of rotatable bonds is 2. The maximum Gasteiger partial charge on any atom is 0.243 e. The highest BCUT2D eigenvalue weighted by atomic mass is 79.9. The van der Waals surface area contributed by atoms with Crippen molar-refractivity contribution in [3.63, 3.8) is 0 Å². The Morgan fingerprint density at radius 2 is 1.74 bits per heavy atom. The first-order chi connectivity index (χ1) is 10.8. The van der Waals surface area contributed by atoms with Crippen LogP contribution in [0.5, 0.6) is 0 Å². The lowest BCUT2D eigenvalue weighted by Gasteiger charge is -2.24. The molecule has 0 bridgehead atoms. The number of halogens is 3. The van der Waals surface area contributed by atoms with E-state index in [0.717, 1.165) is 4.47 Å². The Balaban J connectivity index is 2.17. The number of carbonyl (C=O) groups is 1. The van der Waals surface area contributed by atoms with Gasteiger partial charge in [-0.25, -0.2) is 8.42 Å². The zero-order valence-electron chi connectivity index (χ0n) is 11.5. The third kappa shape index (κ3) is 3.13. The number of nitrogens with zero attached hydrogens (tertiary/aromatic N) is 1. The van der Waals surface area contributed by atoms with Crippen molar-refractivity contribution in [1.29, 1.82) is 0 Å². The molecule has 3 rings (SSSR count). The van der Waals surface area contributed by atoms with Gasteiger partial charge in [-0.1, -0.05) is 45.2 Å². The molecule has 1 saturated heterocycles. The monoisotopic (exact) mass is 433 g/mol. The second-order valence-corrected chi connectivity index (χ2v) is 8.89. The third-order valence-electron chi connectivity index (χ3n) is 3.50. The van der Waals surface area contributed by atoms with Crippen LogP contribution in [0.1, 0.15) is 10.9 Å². The molecule has 1 amide bonds. The highest BCUT2D eigenvalue weighted by Crippen LogP contribution is 2.41. The lowest BCUT2D eigenvalue weighted by atomic mass is 10.2. The van der Waals surface area contributed by atoms with Crippen molar-refractivity contribution in [2.24, 2.45) is 0 Å². The molecule has 120 valence electrons. The molecule has 1 atom stereocenters. The van der Waals surface area contributed by atoms with Crippen molar-refractivity contribution in [3.8, 4) is 0 Å². The molecule has 0 N–H and O–H groups in total. The molecule has 4 nitrogen and oxygen atoms in total. The van der Waals surface area contributed by atoms with E-state index in [4.69, 9.17) is 23.2 Å². The van der Waals surface area contributed by atoms with E-state index in [-0.39, 0.29) is 5.02 Å². The summed E-state index contributed by atoms with van der Waals surface area (Å²) in [5, 5.41) is -0.542. The molecule has 0 spiro atoms. The Kier molecular flexibility index (Phi) is 4.44. The maximum atomic E-state index is 12.5. The molecular formula is C15H10BrCl2NO3S. The van der Waals surface area contributed by atoms with Crippen LogP contribution in [0.2, 0.25) is 10.0 Å². The van der Waals surface area contributed by atoms with E-state index in [1.165, 1.54) is 17.0 Å². The van der Waals surface area contributed by atoms with Gasteiger partial charge >= 0.3 is 0 Å². The van der Waals surface area contributed by atoms with Crippen molar-refractivity contribution in [2.75, 3.05) is 10.7 Å². The summed E-state index contributed by atoms with van der Waals surface area (Å²) in [6.45, 7) is 0. The minimum atomic E-state index is -3.69. The molecular weight excluding hydrogens is 425 g/mol. The number of amides is 1. The average molecular weight is 435 g/mol. The zero-order chi connectivity index (χ0) is 16.8. The minimum absolute atomic E-state index is 0.211. The molecule has 2 aromatic rings. The van der Waals surface area contributed by atoms with Gasteiger partial charge < -0.3 is 0 Å². The molecule has 2 aromatic carbocycles. The molecule has 0 saturated carbocycles. The van der Waals surface area contributed by atoms with E-state index >= 15 is 0 Å². The Morgan fingerprint density at radius 3 is 2.35 bits per heavy atom. The van der Waals surface area contributed by atoms with E-state index in [0.29, 0.717) is 16.3 Å². The highest BCUT2D eigenvalue weighted by Gasteiger charge is 2.46. The van der Waals surface area contributed by atoms with E-state index in [9.17, 15) is 13.2 Å². The summed E-state index contributed by atoms with van der Waals surface area (Å²) in [6.07, 6.45) is 0. The molecule has 0 aliphatic carbocycles. The van der Waals surface area contributed by atoms with E-state index in [1.807, 2.05) is 0 Å². The number of benzene rings is 2. The fourth-order valence-corrected chi connectivity index (χ4v) is 5.16. The summed E-state index contributed by atoms with van der Waals surface area (Å²) in [6, 6.07) is 11.4. The first-order valence-electron chi connectivity index (χ1n) is 6.54. The second-order valence-electron chi connectivity index (χ2n) is 5.07. The number of carbonyl (C=O) groups excluding carboxylic acids is 1. The average Bonchev–Trinajstić information content (AvgIpc) is 2.69. The van der Waals surface area contributed by atoms with Crippen LogP contribution in [0.3, 0.4) is 0 Å². The van der Waals surface area contributed by atoms with Crippen molar-refractivity contribution in [2.45, 2.75) is 5.37 Å². The lowest BCUT2D eigenvalue weighted by Crippen LogP contribution is -2.29. The Hall–Kier alpha value is -1.08.